The Morgan fingerprint density at radius 2 is 1.75 bits per heavy atom. The van der Waals surface area contributed by atoms with Gasteiger partial charge in [-0.05, 0) is 56.0 Å². The predicted molar refractivity (Wildman–Crippen MR) is 155 cm³/mol. The van der Waals surface area contributed by atoms with E-state index in [0.29, 0.717) is 33.5 Å². The summed E-state index contributed by atoms with van der Waals surface area (Å²) in [6.07, 6.45) is 5.36. The largest absolute Gasteiger partial charge is 0.454 e. The zero-order valence-electron chi connectivity index (χ0n) is 22.7. The smallest absolute Gasteiger partial charge is 0.244 e. The lowest BCUT2D eigenvalue weighted by atomic mass is 9.95. The van der Waals surface area contributed by atoms with Crippen LogP contribution in [-0.2, 0) is 26.2 Å². The molecule has 1 saturated carbocycles. The second-order valence-electron chi connectivity index (χ2n) is 9.97. The number of carbonyl (C=O) groups is 2. The quantitative estimate of drug-likeness (QED) is 0.377. The van der Waals surface area contributed by atoms with Crippen LogP contribution in [-0.4, -0.2) is 56.3 Å². The summed E-state index contributed by atoms with van der Waals surface area (Å²) in [5, 5.41) is 3.91. The Hall–Kier alpha value is -2.69. The number of ether oxygens (including phenoxy) is 2. The van der Waals surface area contributed by atoms with Gasteiger partial charge in [-0.2, -0.15) is 0 Å². The van der Waals surface area contributed by atoms with Gasteiger partial charge in [0.2, 0.25) is 28.6 Å². The minimum Gasteiger partial charge on any atom is -0.454 e. The molecule has 12 heteroatoms. The second-order valence-corrected chi connectivity index (χ2v) is 13.0. The highest BCUT2D eigenvalue weighted by Gasteiger charge is 2.34. The number of hydrogen-bond acceptors (Lipinski definition) is 6. The number of sulfonamides is 1. The molecule has 0 saturated heterocycles. The summed E-state index contributed by atoms with van der Waals surface area (Å²) in [6, 6.07) is 8.88. The molecule has 0 radical (unpaired) electrons. The summed E-state index contributed by atoms with van der Waals surface area (Å²) in [4.78, 5) is 29.0. The summed E-state index contributed by atoms with van der Waals surface area (Å²) < 4.78 is 38.3. The number of amides is 2. The van der Waals surface area contributed by atoms with Gasteiger partial charge in [0.1, 0.15) is 12.6 Å². The first-order valence-corrected chi connectivity index (χ1v) is 15.9. The van der Waals surface area contributed by atoms with Gasteiger partial charge in [0.15, 0.2) is 11.5 Å². The zero-order chi connectivity index (χ0) is 28.9. The Morgan fingerprint density at radius 1 is 1.02 bits per heavy atom. The van der Waals surface area contributed by atoms with E-state index in [1.807, 2.05) is 6.92 Å². The van der Waals surface area contributed by atoms with Crippen LogP contribution in [0.2, 0.25) is 10.0 Å². The van der Waals surface area contributed by atoms with E-state index in [4.69, 9.17) is 32.7 Å². The molecule has 2 aromatic carbocycles. The van der Waals surface area contributed by atoms with Crippen molar-refractivity contribution in [3.63, 3.8) is 0 Å². The average Bonchev–Trinajstić information content (AvgIpc) is 3.41. The van der Waals surface area contributed by atoms with Crippen molar-refractivity contribution in [1.29, 1.82) is 0 Å². The summed E-state index contributed by atoms with van der Waals surface area (Å²) in [7, 11) is -3.88. The van der Waals surface area contributed by atoms with E-state index in [-0.39, 0.29) is 36.7 Å². The number of nitrogens with one attached hydrogen (secondary N) is 1. The lowest BCUT2D eigenvalue weighted by molar-refractivity contribution is -0.140. The fourth-order valence-corrected chi connectivity index (χ4v) is 6.58. The van der Waals surface area contributed by atoms with Crippen molar-refractivity contribution in [3.05, 3.63) is 52.0 Å². The molecule has 0 spiro atoms. The van der Waals surface area contributed by atoms with Gasteiger partial charge in [-0.15, -0.1) is 0 Å². The Kier molecular flexibility index (Phi) is 10.1. The molecule has 1 aliphatic carbocycles. The zero-order valence-corrected chi connectivity index (χ0v) is 25.0. The van der Waals surface area contributed by atoms with E-state index in [9.17, 15) is 18.0 Å². The van der Waals surface area contributed by atoms with E-state index in [2.05, 4.69) is 5.32 Å². The van der Waals surface area contributed by atoms with Gasteiger partial charge < -0.3 is 19.7 Å². The van der Waals surface area contributed by atoms with E-state index in [0.717, 1.165) is 36.4 Å². The van der Waals surface area contributed by atoms with Crippen LogP contribution in [0.1, 0.15) is 57.9 Å². The Morgan fingerprint density at radius 3 is 2.42 bits per heavy atom. The highest BCUT2D eigenvalue weighted by Crippen LogP contribution is 2.36. The minimum absolute atomic E-state index is 0.00653. The SMILES string of the molecule is CC[C@@H](C(=O)NC1CCCCC1)N(Cc1ccc(Cl)cc1Cl)C(=O)CN(c1ccc2c(c1)OCO2)S(=O)(=O)CC. The van der Waals surface area contributed by atoms with Crippen molar-refractivity contribution in [2.45, 2.75) is 71.0 Å². The summed E-state index contributed by atoms with van der Waals surface area (Å²) in [6.45, 7) is 2.87. The van der Waals surface area contributed by atoms with Crippen LogP contribution in [0.4, 0.5) is 5.69 Å². The van der Waals surface area contributed by atoms with Gasteiger partial charge in [0, 0.05) is 28.7 Å². The van der Waals surface area contributed by atoms with Crippen LogP contribution >= 0.6 is 23.2 Å². The highest BCUT2D eigenvalue weighted by atomic mass is 35.5. The highest BCUT2D eigenvalue weighted by molar-refractivity contribution is 7.92. The van der Waals surface area contributed by atoms with Crippen LogP contribution in [0.15, 0.2) is 36.4 Å². The normalized spacial score (nSPS) is 15.9. The van der Waals surface area contributed by atoms with Gasteiger partial charge in [-0.3, -0.25) is 13.9 Å². The molecule has 1 fully saturated rings. The van der Waals surface area contributed by atoms with Crippen molar-refractivity contribution in [3.8, 4) is 11.5 Å². The van der Waals surface area contributed by atoms with Gasteiger partial charge in [0.05, 0.1) is 11.4 Å². The number of rotatable bonds is 11. The molecule has 1 atom stereocenters. The number of hydrogen-bond donors (Lipinski definition) is 1. The van der Waals surface area contributed by atoms with Crippen LogP contribution in [0, 0.1) is 0 Å². The van der Waals surface area contributed by atoms with Crippen LogP contribution in [0.3, 0.4) is 0 Å². The number of fused-ring (bicyclic) bond motifs is 1. The van der Waals surface area contributed by atoms with E-state index in [1.54, 1.807) is 30.3 Å². The lowest BCUT2D eigenvalue weighted by Gasteiger charge is -2.34. The summed E-state index contributed by atoms with van der Waals surface area (Å²) >= 11 is 12.5. The molecule has 2 amide bonds. The molecule has 1 N–H and O–H groups in total. The lowest BCUT2D eigenvalue weighted by Crippen LogP contribution is -2.54. The third kappa shape index (κ3) is 7.14. The standard InChI is InChI=1S/C28H35Cl2N3O6S/c1-3-24(28(35)31-21-8-6-5-7-9-21)32(16-19-10-11-20(29)14-23(19)30)27(34)17-33(40(36,37)4-2)22-12-13-25-26(15-22)39-18-38-25/h10-15,21,24H,3-9,16-18H2,1-2H3,(H,31,35)/t24-/m0/s1. The second kappa shape index (κ2) is 13.3. The molecule has 2 aromatic rings. The first-order valence-electron chi connectivity index (χ1n) is 13.6. The molecular formula is C28H35Cl2N3O6S. The summed E-state index contributed by atoms with van der Waals surface area (Å²) in [5.41, 5.74) is 0.861. The van der Waals surface area contributed by atoms with Crippen molar-refractivity contribution >= 4 is 50.7 Å². The molecule has 1 aliphatic heterocycles. The summed E-state index contributed by atoms with van der Waals surface area (Å²) in [5.74, 6) is -0.137. The van der Waals surface area contributed by atoms with Crippen molar-refractivity contribution in [1.82, 2.24) is 10.2 Å². The molecule has 9 nitrogen and oxygen atoms in total. The van der Waals surface area contributed by atoms with Gasteiger partial charge in [-0.1, -0.05) is 55.5 Å². The molecule has 4 rings (SSSR count). The maximum atomic E-state index is 14.0. The van der Waals surface area contributed by atoms with E-state index in [1.165, 1.54) is 17.9 Å². The first-order chi connectivity index (χ1) is 19.1. The Bertz CT molecular complexity index is 1330. The molecule has 0 aromatic heterocycles. The number of nitrogens with zero attached hydrogens (tertiary/aromatic N) is 2. The fourth-order valence-electron chi connectivity index (χ4n) is 5.06. The molecule has 40 heavy (non-hydrogen) atoms. The third-order valence-electron chi connectivity index (χ3n) is 7.32. The van der Waals surface area contributed by atoms with Gasteiger partial charge >= 0.3 is 0 Å². The monoisotopic (exact) mass is 611 g/mol. The van der Waals surface area contributed by atoms with Crippen molar-refractivity contribution in [2.75, 3.05) is 23.4 Å². The third-order valence-corrected chi connectivity index (χ3v) is 9.64. The number of carbonyl (C=O) groups excluding carboxylic acids is 2. The van der Waals surface area contributed by atoms with Gasteiger partial charge in [0.25, 0.3) is 0 Å². The van der Waals surface area contributed by atoms with Crippen LogP contribution in [0.25, 0.3) is 0 Å². The first kappa shape index (κ1) is 30.3. The average molecular weight is 613 g/mol. The number of halogens is 2. The van der Waals surface area contributed by atoms with Crippen LogP contribution < -0.4 is 19.1 Å². The minimum atomic E-state index is -3.88. The van der Waals surface area contributed by atoms with Crippen LogP contribution in [0.5, 0.6) is 11.5 Å². The fraction of sp³-hybridized carbons (Fsp3) is 0.500. The Labute approximate surface area is 245 Å². The number of benzene rings is 2. The molecule has 2 aliphatic rings. The maximum Gasteiger partial charge on any atom is 0.244 e. The van der Waals surface area contributed by atoms with Crippen molar-refractivity contribution in [2.24, 2.45) is 0 Å². The van der Waals surface area contributed by atoms with Gasteiger partial charge in [-0.25, -0.2) is 8.42 Å². The van der Waals surface area contributed by atoms with E-state index >= 15 is 0 Å². The molecular weight excluding hydrogens is 577 g/mol. The molecule has 0 bridgehead atoms. The molecule has 0 unspecified atom stereocenters. The Balaban J connectivity index is 1.66. The molecule has 1 heterocycles. The van der Waals surface area contributed by atoms with E-state index < -0.39 is 28.5 Å². The predicted octanol–water partition coefficient (Wildman–Crippen LogP) is 5.13. The maximum absolute atomic E-state index is 14.0. The van der Waals surface area contributed by atoms with Crippen molar-refractivity contribution < 1.29 is 27.5 Å². The molecule has 218 valence electrons. The topological polar surface area (TPSA) is 105 Å². The number of anilines is 1.